The van der Waals surface area contributed by atoms with Gasteiger partial charge in [0.25, 0.3) is 0 Å². The van der Waals surface area contributed by atoms with Crippen molar-refractivity contribution in [1.82, 2.24) is 0 Å². The number of hydrogen-bond donors (Lipinski definition) is 1. The third kappa shape index (κ3) is 3.85. The van der Waals surface area contributed by atoms with Gasteiger partial charge < -0.3 is 10.2 Å². The summed E-state index contributed by atoms with van der Waals surface area (Å²) in [6, 6.07) is 15.8. The summed E-state index contributed by atoms with van der Waals surface area (Å²) in [6.45, 7) is 3.77. The summed E-state index contributed by atoms with van der Waals surface area (Å²) < 4.78 is 0. The molecule has 4 heteroatoms. The molecule has 0 radical (unpaired) electrons. The number of amides is 1. The van der Waals surface area contributed by atoms with E-state index in [1.165, 1.54) is 0 Å². The summed E-state index contributed by atoms with van der Waals surface area (Å²) in [6.07, 6.45) is 1.73. The molecule has 1 aliphatic heterocycles. The highest BCUT2D eigenvalue weighted by atomic mass is 35.5. The Morgan fingerprint density at radius 1 is 1.13 bits per heavy atom. The van der Waals surface area contributed by atoms with Gasteiger partial charge in [-0.3, -0.25) is 4.79 Å². The Bertz CT molecular complexity index is 693. The van der Waals surface area contributed by atoms with Crippen molar-refractivity contribution in [3.05, 3.63) is 59.1 Å². The highest BCUT2D eigenvalue weighted by Crippen LogP contribution is 2.26. The largest absolute Gasteiger partial charge is 0.371 e. The van der Waals surface area contributed by atoms with Gasteiger partial charge in [-0.2, -0.15) is 0 Å². The van der Waals surface area contributed by atoms with Gasteiger partial charge in [-0.25, -0.2) is 0 Å². The lowest BCUT2D eigenvalue weighted by Gasteiger charge is -2.33. The second kappa shape index (κ2) is 7.05. The Morgan fingerprint density at radius 3 is 2.57 bits per heavy atom. The van der Waals surface area contributed by atoms with E-state index in [-0.39, 0.29) is 11.8 Å². The van der Waals surface area contributed by atoms with E-state index in [2.05, 4.69) is 16.3 Å². The van der Waals surface area contributed by atoms with E-state index in [1.54, 1.807) is 0 Å². The number of nitrogens with zero attached hydrogens (tertiary/aromatic N) is 1. The van der Waals surface area contributed by atoms with Crippen molar-refractivity contribution < 1.29 is 4.79 Å². The normalized spacial score (nSPS) is 15.5. The molecule has 0 bridgehead atoms. The maximum atomic E-state index is 12.5. The van der Waals surface area contributed by atoms with Crippen LogP contribution >= 0.6 is 11.6 Å². The zero-order chi connectivity index (χ0) is 16.2. The Morgan fingerprint density at radius 2 is 1.87 bits per heavy atom. The minimum absolute atomic E-state index is 0.0741. The molecular formula is C19H21ClN2O. The first-order valence-electron chi connectivity index (χ1n) is 8.00. The second-order valence-corrected chi connectivity index (χ2v) is 6.48. The number of halogens is 1. The van der Waals surface area contributed by atoms with E-state index in [0.29, 0.717) is 0 Å². The molecule has 0 atom stereocenters. The number of anilines is 2. The molecule has 1 aliphatic rings. The average molecular weight is 329 g/mol. The van der Waals surface area contributed by atoms with Crippen LogP contribution in [0.4, 0.5) is 11.4 Å². The highest BCUT2D eigenvalue weighted by Gasteiger charge is 2.25. The molecule has 120 valence electrons. The zero-order valence-corrected chi connectivity index (χ0v) is 14.0. The molecule has 1 heterocycles. The van der Waals surface area contributed by atoms with Crippen LogP contribution in [0, 0.1) is 12.8 Å². The molecule has 2 aromatic rings. The van der Waals surface area contributed by atoms with Crippen LogP contribution in [0.15, 0.2) is 48.5 Å². The van der Waals surface area contributed by atoms with Crippen LogP contribution in [0.2, 0.25) is 5.02 Å². The maximum Gasteiger partial charge on any atom is 0.227 e. The topological polar surface area (TPSA) is 32.3 Å². The fraction of sp³-hybridized carbons (Fsp3) is 0.316. The van der Waals surface area contributed by atoms with Gasteiger partial charge in [-0.05, 0) is 49.6 Å². The predicted molar refractivity (Wildman–Crippen MR) is 96.2 cm³/mol. The van der Waals surface area contributed by atoms with Gasteiger partial charge in [0.15, 0.2) is 0 Å². The minimum Gasteiger partial charge on any atom is -0.371 e. The number of benzene rings is 2. The molecule has 3 rings (SSSR count). The number of aryl methyl sites for hydroxylation is 1. The van der Waals surface area contributed by atoms with Crippen LogP contribution in [0.3, 0.4) is 0 Å². The van der Waals surface area contributed by atoms with Gasteiger partial charge in [0, 0.05) is 35.4 Å². The lowest BCUT2D eigenvalue weighted by Crippen LogP contribution is -2.38. The van der Waals surface area contributed by atoms with E-state index in [4.69, 9.17) is 11.6 Å². The number of piperidine rings is 1. The first kappa shape index (κ1) is 15.9. The van der Waals surface area contributed by atoms with Crippen molar-refractivity contribution in [2.75, 3.05) is 23.3 Å². The molecule has 0 aromatic heterocycles. The highest BCUT2D eigenvalue weighted by molar-refractivity contribution is 6.30. The Labute approximate surface area is 142 Å². The number of nitrogens with one attached hydrogen (secondary N) is 1. The molecule has 2 aromatic carbocycles. The number of carbonyl (C=O) groups is 1. The SMILES string of the molecule is Cc1ccccc1NC(=O)C1CCN(c2cccc(Cl)c2)CC1. The molecule has 0 unspecified atom stereocenters. The fourth-order valence-electron chi connectivity index (χ4n) is 3.02. The van der Waals surface area contributed by atoms with Crippen molar-refractivity contribution in [1.29, 1.82) is 0 Å². The maximum absolute atomic E-state index is 12.5. The summed E-state index contributed by atoms with van der Waals surface area (Å²) in [5, 5.41) is 3.82. The number of carbonyl (C=O) groups excluding carboxylic acids is 1. The zero-order valence-electron chi connectivity index (χ0n) is 13.3. The number of rotatable bonds is 3. The number of para-hydroxylation sites is 1. The first-order valence-corrected chi connectivity index (χ1v) is 8.38. The van der Waals surface area contributed by atoms with Crippen molar-refractivity contribution in [2.45, 2.75) is 19.8 Å². The van der Waals surface area contributed by atoms with Crippen LogP contribution < -0.4 is 10.2 Å². The Hall–Kier alpha value is -2.00. The van der Waals surface area contributed by atoms with Gasteiger partial charge >= 0.3 is 0 Å². The van der Waals surface area contributed by atoms with E-state index in [0.717, 1.165) is 47.9 Å². The summed E-state index contributed by atoms with van der Waals surface area (Å²) in [5.74, 6) is 0.204. The monoisotopic (exact) mass is 328 g/mol. The van der Waals surface area contributed by atoms with Gasteiger partial charge in [0.1, 0.15) is 0 Å². The molecule has 1 amide bonds. The summed E-state index contributed by atoms with van der Waals surface area (Å²) in [5.41, 5.74) is 3.14. The standard InChI is InChI=1S/C19H21ClN2O/c1-14-5-2-3-8-18(14)21-19(23)15-9-11-22(12-10-15)17-7-4-6-16(20)13-17/h2-8,13,15H,9-12H2,1H3,(H,21,23). The van der Waals surface area contributed by atoms with Crippen molar-refractivity contribution in [2.24, 2.45) is 5.92 Å². The summed E-state index contributed by atoms with van der Waals surface area (Å²) in [4.78, 5) is 14.8. The predicted octanol–water partition coefficient (Wildman–Crippen LogP) is 4.50. The lowest BCUT2D eigenvalue weighted by atomic mass is 9.95. The van der Waals surface area contributed by atoms with Crippen LogP contribution in [-0.2, 0) is 4.79 Å². The Kier molecular flexibility index (Phi) is 4.87. The van der Waals surface area contributed by atoms with E-state index >= 15 is 0 Å². The van der Waals surface area contributed by atoms with Crippen molar-refractivity contribution >= 4 is 28.9 Å². The van der Waals surface area contributed by atoms with Gasteiger partial charge in [0.05, 0.1) is 0 Å². The quantitative estimate of drug-likeness (QED) is 0.899. The molecule has 0 aliphatic carbocycles. The molecule has 1 saturated heterocycles. The van der Waals surface area contributed by atoms with Crippen molar-refractivity contribution in [3.63, 3.8) is 0 Å². The molecule has 1 N–H and O–H groups in total. The molecular weight excluding hydrogens is 308 g/mol. The minimum atomic E-state index is 0.0741. The molecule has 3 nitrogen and oxygen atoms in total. The van der Waals surface area contributed by atoms with Gasteiger partial charge in [0.2, 0.25) is 5.91 Å². The average Bonchev–Trinajstić information content (AvgIpc) is 2.57. The van der Waals surface area contributed by atoms with E-state index in [9.17, 15) is 4.79 Å². The third-order valence-electron chi connectivity index (χ3n) is 4.44. The third-order valence-corrected chi connectivity index (χ3v) is 4.68. The second-order valence-electron chi connectivity index (χ2n) is 6.05. The van der Waals surface area contributed by atoms with Crippen LogP contribution in [0.1, 0.15) is 18.4 Å². The first-order chi connectivity index (χ1) is 11.1. The van der Waals surface area contributed by atoms with Crippen molar-refractivity contribution in [3.8, 4) is 0 Å². The van der Waals surface area contributed by atoms with Gasteiger partial charge in [-0.1, -0.05) is 35.9 Å². The van der Waals surface area contributed by atoms with E-state index < -0.39 is 0 Å². The fourth-order valence-corrected chi connectivity index (χ4v) is 3.21. The lowest BCUT2D eigenvalue weighted by molar-refractivity contribution is -0.120. The van der Waals surface area contributed by atoms with Crippen LogP contribution in [0.5, 0.6) is 0 Å². The Balaban J connectivity index is 1.58. The van der Waals surface area contributed by atoms with E-state index in [1.807, 2.05) is 49.4 Å². The van der Waals surface area contributed by atoms with Gasteiger partial charge in [-0.15, -0.1) is 0 Å². The van der Waals surface area contributed by atoms with Crippen LogP contribution in [-0.4, -0.2) is 19.0 Å². The summed E-state index contributed by atoms with van der Waals surface area (Å²) in [7, 11) is 0. The molecule has 23 heavy (non-hydrogen) atoms. The number of hydrogen-bond acceptors (Lipinski definition) is 2. The molecule has 0 spiro atoms. The van der Waals surface area contributed by atoms with Crippen LogP contribution in [0.25, 0.3) is 0 Å². The smallest absolute Gasteiger partial charge is 0.227 e. The summed E-state index contributed by atoms with van der Waals surface area (Å²) >= 11 is 6.06. The molecule has 1 fully saturated rings. The molecule has 0 saturated carbocycles.